The molecule has 0 saturated carbocycles. The van der Waals surface area contributed by atoms with Crippen LogP contribution in [0.15, 0.2) is 87.9 Å². The van der Waals surface area contributed by atoms with Crippen molar-refractivity contribution in [1.82, 2.24) is 4.57 Å². The predicted octanol–water partition coefficient (Wildman–Crippen LogP) is 5.54. The van der Waals surface area contributed by atoms with Gasteiger partial charge in [-0.05, 0) is 48.1 Å². The van der Waals surface area contributed by atoms with E-state index in [-0.39, 0.29) is 33.1 Å². The van der Waals surface area contributed by atoms with Gasteiger partial charge in [-0.25, -0.2) is 13.6 Å². The summed E-state index contributed by atoms with van der Waals surface area (Å²) in [6.07, 6.45) is -4.67. The Bertz CT molecular complexity index is 1570. The Balaban J connectivity index is 1.70. The number of nitrogens with zero attached hydrogens (tertiary/aromatic N) is 3. The van der Waals surface area contributed by atoms with E-state index in [0.29, 0.717) is 11.3 Å². The molecule has 4 N–H and O–H groups in total. The van der Waals surface area contributed by atoms with Crippen LogP contribution in [0.4, 0.5) is 24.5 Å². The molecule has 186 valence electrons. The summed E-state index contributed by atoms with van der Waals surface area (Å²) in [5.74, 6) is -0.505. The van der Waals surface area contributed by atoms with Gasteiger partial charge in [-0.3, -0.25) is 0 Å². The molecule has 0 saturated heterocycles. The second kappa shape index (κ2) is 9.68. The number of alkyl halides is 3. The maximum Gasteiger partial charge on any atom is 0.418 e. The van der Waals surface area contributed by atoms with Crippen LogP contribution in [0.25, 0.3) is 10.9 Å². The number of aromatic nitrogens is 1. The number of hydrogen-bond donors (Lipinski definition) is 3. The number of thiocarbonyl (C=S) groups is 1. The van der Waals surface area contributed by atoms with Crippen LogP contribution in [-0.4, -0.2) is 23.2 Å². The third-order valence-corrected chi connectivity index (χ3v) is 6.31. The lowest BCUT2D eigenvalue weighted by molar-refractivity contribution is -0.136. The zero-order valence-corrected chi connectivity index (χ0v) is 19.9. The SMILES string of the molecule is NS(=O)(=O)c1ccc(NC(=S)N=Nc2c(O)n(Cc3ccccc3)c3c(C(F)(F)F)cccc23)cc1. The summed E-state index contributed by atoms with van der Waals surface area (Å²) in [4.78, 5) is -0.0998. The summed E-state index contributed by atoms with van der Waals surface area (Å²) < 4.78 is 65.3. The van der Waals surface area contributed by atoms with Crippen molar-refractivity contribution in [3.63, 3.8) is 0 Å². The highest BCUT2D eigenvalue weighted by Gasteiger charge is 2.35. The quantitative estimate of drug-likeness (QED) is 0.230. The molecule has 0 aliphatic carbocycles. The van der Waals surface area contributed by atoms with Gasteiger partial charge in [0.05, 0.1) is 22.5 Å². The van der Waals surface area contributed by atoms with Crippen LogP contribution in [0.1, 0.15) is 11.1 Å². The lowest BCUT2D eigenvalue weighted by Gasteiger charge is -2.12. The number of primary sulfonamides is 1. The van der Waals surface area contributed by atoms with Gasteiger partial charge in [0.25, 0.3) is 0 Å². The third kappa shape index (κ3) is 5.37. The first-order valence-corrected chi connectivity index (χ1v) is 12.2. The molecule has 0 amide bonds. The summed E-state index contributed by atoms with van der Waals surface area (Å²) >= 11 is 5.12. The molecule has 1 heterocycles. The fourth-order valence-electron chi connectivity index (χ4n) is 3.60. The Morgan fingerprint density at radius 1 is 1.03 bits per heavy atom. The maximum atomic E-state index is 13.8. The average Bonchev–Trinajstić information content (AvgIpc) is 3.08. The molecule has 0 aliphatic heterocycles. The van der Waals surface area contributed by atoms with Crippen molar-refractivity contribution in [2.75, 3.05) is 5.32 Å². The topological polar surface area (TPSA) is 122 Å². The van der Waals surface area contributed by atoms with Crippen LogP contribution in [-0.2, 0) is 22.7 Å². The summed E-state index contributed by atoms with van der Waals surface area (Å²) in [5.41, 5.74) is -0.298. The summed E-state index contributed by atoms with van der Waals surface area (Å²) in [5, 5.41) is 26.3. The Labute approximate surface area is 208 Å². The van der Waals surface area contributed by atoms with Gasteiger partial charge in [0.15, 0.2) is 5.69 Å². The van der Waals surface area contributed by atoms with E-state index in [9.17, 15) is 26.7 Å². The first kappa shape index (κ1) is 25.3. The molecule has 4 rings (SSSR count). The van der Waals surface area contributed by atoms with Crippen molar-refractivity contribution in [2.24, 2.45) is 15.4 Å². The second-order valence-corrected chi connectivity index (χ2v) is 9.59. The number of para-hydroxylation sites is 1. The summed E-state index contributed by atoms with van der Waals surface area (Å²) in [7, 11) is -3.87. The van der Waals surface area contributed by atoms with Crippen molar-refractivity contribution in [3.8, 4) is 5.88 Å². The fraction of sp³-hybridized carbons (Fsp3) is 0.0870. The molecular formula is C23H18F3N5O3S2. The van der Waals surface area contributed by atoms with Crippen molar-refractivity contribution < 1.29 is 26.7 Å². The molecule has 0 spiro atoms. The smallest absolute Gasteiger partial charge is 0.418 e. The molecule has 0 bridgehead atoms. The van der Waals surface area contributed by atoms with Gasteiger partial charge < -0.3 is 15.0 Å². The average molecular weight is 534 g/mol. The standard InChI is InChI=1S/C23H18F3N5O3S2/c24-23(25,26)18-8-4-7-17-19(21(32)31(20(17)18)13-14-5-2-1-3-6-14)29-30-22(35)28-15-9-11-16(12-10-15)36(27,33)34/h1-12,32H,13H2,(H,28,35)(H2,27,33,34). The van der Waals surface area contributed by atoms with Gasteiger partial charge in [-0.2, -0.15) is 13.2 Å². The summed E-state index contributed by atoms with van der Waals surface area (Å²) in [6, 6.07) is 17.6. The number of hydrogen-bond acceptors (Lipinski definition) is 5. The van der Waals surface area contributed by atoms with Crippen LogP contribution in [0.2, 0.25) is 0 Å². The first-order chi connectivity index (χ1) is 16.9. The monoisotopic (exact) mass is 533 g/mol. The molecular weight excluding hydrogens is 515 g/mol. The van der Waals surface area contributed by atoms with Gasteiger partial charge in [0, 0.05) is 11.1 Å². The normalized spacial score (nSPS) is 12.3. The number of nitrogens with one attached hydrogen (secondary N) is 1. The van der Waals surface area contributed by atoms with E-state index in [1.54, 1.807) is 30.3 Å². The molecule has 4 aromatic rings. The first-order valence-electron chi connectivity index (χ1n) is 10.3. The zero-order valence-electron chi connectivity index (χ0n) is 18.3. The van der Waals surface area contributed by atoms with Crippen molar-refractivity contribution >= 4 is 49.6 Å². The largest absolute Gasteiger partial charge is 0.493 e. The third-order valence-electron chi connectivity index (χ3n) is 5.19. The van der Waals surface area contributed by atoms with Crippen molar-refractivity contribution in [1.29, 1.82) is 0 Å². The Hall–Kier alpha value is -3.81. The number of sulfonamides is 1. The molecule has 0 atom stereocenters. The zero-order chi connectivity index (χ0) is 26.1. The number of fused-ring (bicyclic) bond motifs is 1. The number of anilines is 1. The van der Waals surface area contributed by atoms with E-state index in [1.165, 1.54) is 36.4 Å². The number of aromatic hydroxyl groups is 1. The maximum absolute atomic E-state index is 13.8. The van der Waals surface area contributed by atoms with Crippen LogP contribution in [0, 0.1) is 0 Å². The number of azo groups is 1. The lowest BCUT2D eigenvalue weighted by Crippen LogP contribution is -2.12. The van der Waals surface area contributed by atoms with Gasteiger partial charge in [-0.1, -0.05) is 42.5 Å². The number of halogens is 3. The van der Waals surface area contributed by atoms with E-state index in [4.69, 9.17) is 17.4 Å². The molecule has 13 heteroatoms. The van der Waals surface area contributed by atoms with Crippen molar-refractivity contribution in [3.05, 3.63) is 83.9 Å². The highest BCUT2D eigenvalue weighted by Crippen LogP contribution is 2.44. The predicted molar refractivity (Wildman–Crippen MR) is 133 cm³/mol. The van der Waals surface area contributed by atoms with Gasteiger partial charge in [0.2, 0.25) is 21.0 Å². The molecule has 0 aliphatic rings. The Kier molecular flexibility index (Phi) is 6.80. The molecule has 0 fully saturated rings. The number of rotatable bonds is 5. The van der Waals surface area contributed by atoms with Gasteiger partial charge in [0.1, 0.15) is 0 Å². The Morgan fingerprint density at radius 2 is 1.69 bits per heavy atom. The van der Waals surface area contributed by atoms with Crippen LogP contribution >= 0.6 is 12.2 Å². The second-order valence-electron chi connectivity index (χ2n) is 7.64. The number of nitrogens with two attached hydrogens (primary N) is 1. The minimum Gasteiger partial charge on any atom is -0.493 e. The molecule has 0 unspecified atom stereocenters. The summed E-state index contributed by atoms with van der Waals surface area (Å²) in [6.45, 7) is -0.0368. The molecule has 36 heavy (non-hydrogen) atoms. The number of benzene rings is 3. The van der Waals surface area contributed by atoms with Crippen LogP contribution < -0.4 is 10.5 Å². The molecule has 1 aromatic heterocycles. The Morgan fingerprint density at radius 3 is 2.31 bits per heavy atom. The highest BCUT2D eigenvalue weighted by atomic mass is 32.2. The molecule has 0 radical (unpaired) electrons. The molecule has 8 nitrogen and oxygen atoms in total. The van der Waals surface area contributed by atoms with E-state index >= 15 is 0 Å². The minimum atomic E-state index is -4.67. The molecule has 3 aromatic carbocycles. The fourth-order valence-corrected chi connectivity index (χ4v) is 4.27. The highest BCUT2D eigenvalue weighted by molar-refractivity contribution is 7.89. The van der Waals surface area contributed by atoms with Gasteiger partial charge in [-0.15, -0.1) is 10.2 Å². The van der Waals surface area contributed by atoms with E-state index in [2.05, 4.69) is 15.5 Å². The van der Waals surface area contributed by atoms with E-state index in [0.717, 1.165) is 10.6 Å². The minimum absolute atomic E-state index is 0.0368. The van der Waals surface area contributed by atoms with Gasteiger partial charge >= 0.3 is 6.18 Å². The van der Waals surface area contributed by atoms with E-state index < -0.39 is 27.6 Å². The lowest BCUT2D eigenvalue weighted by atomic mass is 10.1. The van der Waals surface area contributed by atoms with Crippen LogP contribution in [0.5, 0.6) is 5.88 Å². The van der Waals surface area contributed by atoms with E-state index in [1.807, 2.05) is 0 Å². The van der Waals surface area contributed by atoms with Crippen molar-refractivity contribution in [2.45, 2.75) is 17.6 Å². The van der Waals surface area contributed by atoms with Crippen LogP contribution in [0.3, 0.4) is 0 Å².